The quantitative estimate of drug-likeness (QED) is 0.449. The molecule has 0 spiro atoms. The van der Waals surface area contributed by atoms with Crippen molar-refractivity contribution in [2.24, 2.45) is 0 Å². The number of hydrogen-bond acceptors (Lipinski definition) is 6. The van der Waals surface area contributed by atoms with E-state index in [-0.39, 0.29) is 17.0 Å². The highest BCUT2D eigenvalue weighted by atomic mass is 32.2. The number of amides is 1. The molecule has 10 heteroatoms. The van der Waals surface area contributed by atoms with E-state index in [9.17, 15) is 13.2 Å². The lowest BCUT2D eigenvalue weighted by atomic mass is 10.1. The summed E-state index contributed by atoms with van der Waals surface area (Å²) in [6.07, 6.45) is 1.47. The number of anilines is 1. The van der Waals surface area contributed by atoms with Crippen LogP contribution in [0.5, 0.6) is 0 Å². The van der Waals surface area contributed by atoms with Crippen LogP contribution in [-0.4, -0.2) is 34.5 Å². The van der Waals surface area contributed by atoms with Crippen molar-refractivity contribution >= 4 is 21.6 Å². The molecule has 2 N–H and O–H groups in total. The molecule has 0 bridgehead atoms. The van der Waals surface area contributed by atoms with E-state index in [1.54, 1.807) is 43.3 Å². The van der Waals surface area contributed by atoms with Crippen molar-refractivity contribution in [1.82, 2.24) is 24.9 Å². The number of benzene rings is 3. The maximum Gasteiger partial charge on any atom is 0.255 e. The molecule has 1 heterocycles. The summed E-state index contributed by atoms with van der Waals surface area (Å²) in [4.78, 5) is 12.8. The zero-order valence-electron chi connectivity index (χ0n) is 17.1. The van der Waals surface area contributed by atoms with E-state index in [4.69, 9.17) is 0 Å². The van der Waals surface area contributed by atoms with Crippen molar-refractivity contribution in [2.45, 2.75) is 18.4 Å². The highest BCUT2D eigenvalue weighted by Gasteiger charge is 2.19. The number of tetrazole rings is 1. The average Bonchev–Trinajstić information content (AvgIpc) is 3.34. The standard InChI is InChI=1S/C22H20N6O3S/c1-16-7-8-18(13-21(16)32(30,31)24-14-17-5-3-2-4-6-17)22(29)25-19-9-11-20(12-10-19)28-15-23-26-27-28/h2-13,15,24H,14H2,1H3,(H,25,29). The first-order valence-electron chi connectivity index (χ1n) is 9.71. The number of nitrogens with one attached hydrogen (secondary N) is 2. The molecule has 0 aliphatic heterocycles. The Morgan fingerprint density at radius 3 is 2.44 bits per heavy atom. The molecule has 0 aliphatic rings. The van der Waals surface area contributed by atoms with E-state index in [0.717, 1.165) is 11.3 Å². The molecule has 1 amide bonds. The smallest absolute Gasteiger partial charge is 0.255 e. The van der Waals surface area contributed by atoms with E-state index >= 15 is 0 Å². The van der Waals surface area contributed by atoms with Gasteiger partial charge in [0.15, 0.2) is 0 Å². The van der Waals surface area contributed by atoms with Gasteiger partial charge in [0.2, 0.25) is 10.0 Å². The maximum absolute atomic E-state index is 12.8. The number of nitrogens with zero attached hydrogens (tertiary/aromatic N) is 4. The Hall–Kier alpha value is -3.89. The van der Waals surface area contributed by atoms with Crippen molar-refractivity contribution in [1.29, 1.82) is 0 Å². The number of carbonyl (C=O) groups is 1. The molecule has 0 saturated carbocycles. The largest absolute Gasteiger partial charge is 0.322 e. The number of aryl methyl sites for hydroxylation is 1. The van der Waals surface area contributed by atoms with Gasteiger partial charge < -0.3 is 5.32 Å². The summed E-state index contributed by atoms with van der Waals surface area (Å²) in [6, 6.07) is 20.7. The third-order valence-corrected chi connectivity index (χ3v) is 6.33. The highest BCUT2D eigenvalue weighted by Crippen LogP contribution is 2.19. The Kier molecular flexibility index (Phi) is 6.06. The van der Waals surface area contributed by atoms with Crippen LogP contribution in [0.2, 0.25) is 0 Å². The predicted octanol–water partition coefficient (Wildman–Crippen LogP) is 2.70. The summed E-state index contributed by atoms with van der Waals surface area (Å²) in [6.45, 7) is 1.85. The Bertz CT molecular complexity index is 1320. The molecule has 0 aliphatic carbocycles. The molecule has 0 unspecified atom stereocenters. The van der Waals surface area contributed by atoms with Gasteiger partial charge in [-0.15, -0.1) is 5.10 Å². The number of aromatic nitrogens is 4. The van der Waals surface area contributed by atoms with Crippen molar-refractivity contribution in [3.63, 3.8) is 0 Å². The van der Waals surface area contributed by atoms with Gasteiger partial charge in [0, 0.05) is 17.8 Å². The minimum atomic E-state index is -3.80. The van der Waals surface area contributed by atoms with Crippen molar-refractivity contribution < 1.29 is 13.2 Å². The summed E-state index contributed by atoms with van der Waals surface area (Å²) in [5.74, 6) is -0.417. The normalized spacial score (nSPS) is 11.3. The molecule has 0 fully saturated rings. The van der Waals surface area contributed by atoms with E-state index in [2.05, 4.69) is 25.6 Å². The summed E-state index contributed by atoms with van der Waals surface area (Å²) in [5, 5.41) is 13.7. The second-order valence-corrected chi connectivity index (χ2v) is 8.78. The number of sulfonamides is 1. The maximum atomic E-state index is 12.8. The first-order chi connectivity index (χ1) is 15.4. The Morgan fingerprint density at radius 2 is 1.75 bits per heavy atom. The van der Waals surface area contributed by atoms with E-state index < -0.39 is 15.9 Å². The zero-order chi connectivity index (χ0) is 22.6. The minimum absolute atomic E-state index is 0.0649. The molecule has 0 atom stereocenters. The lowest BCUT2D eigenvalue weighted by Gasteiger charge is -2.12. The fourth-order valence-electron chi connectivity index (χ4n) is 3.06. The van der Waals surface area contributed by atoms with Crippen LogP contribution in [-0.2, 0) is 16.6 Å². The van der Waals surface area contributed by atoms with Crippen LogP contribution in [0, 0.1) is 6.92 Å². The highest BCUT2D eigenvalue weighted by molar-refractivity contribution is 7.89. The van der Waals surface area contributed by atoms with Crippen molar-refractivity contribution in [3.05, 3.63) is 95.8 Å². The molecule has 4 rings (SSSR count). The van der Waals surface area contributed by atoms with Gasteiger partial charge in [0.05, 0.1) is 10.6 Å². The monoisotopic (exact) mass is 448 g/mol. The summed E-state index contributed by atoms with van der Waals surface area (Å²) >= 11 is 0. The molecule has 3 aromatic carbocycles. The minimum Gasteiger partial charge on any atom is -0.322 e. The fraction of sp³-hybridized carbons (Fsp3) is 0.0909. The number of hydrogen-bond donors (Lipinski definition) is 2. The third-order valence-electron chi connectivity index (χ3n) is 4.79. The molecule has 0 radical (unpaired) electrons. The first kappa shape index (κ1) is 21.3. The van der Waals surface area contributed by atoms with Crippen LogP contribution in [0.25, 0.3) is 5.69 Å². The van der Waals surface area contributed by atoms with Crippen LogP contribution >= 0.6 is 0 Å². The molecular weight excluding hydrogens is 428 g/mol. The van der Waals surface area contributed by atoms with Crippen molar-refractivity contribution in [3.8, 4) is 5.69 Å². The zero-order valence-corrected chi connectivity index (χ0v) is 18.0. The lowest BCUT2D eigenvalue weighted by Crippen LogP contribution is -2.24. The molecule has 32 heavy (non-hydrogen) atoms. The van der Waals surface area contributed by atoms with Gasteiger partial charge in [-0.25, -0.2) is 17.8 Å². The topological polar surface area (TPSA) is 119 Å². The summed E-state index contributed by atoms with van der Waals surface area (Å²) in [7, 11) is -3.80. The van der Waals surface area contributed by atoms with Crippen molar-refractivity contribution in [2.75, 3.05) is 5.32 Å². The Morgan fingerprint density at radius 1 is 1.00 bits per heavy atom. The molecular formula is C22H20N6O3S. The van der Waals surface area contributed by atoms with Crippen LogP contribution in [0.3, 0.4) is 0 Å². The Labute approximate surface area is 185 Å². The fourth-order valence-corrected chi connectivity index (χ4v) is 4.35. The van der Waals surface area contributed by atoms with Gasteiger partial charge in [0.25, 0.3) is 5.91 Å². The van der Waals surface area contributed by atoms with Crippen LogP contribution < -0.4 is 10.0 Å². The van der Waals surface area contributed by atoms with Crippen LogP contribution in [0.1, 0.15) is 21.5 Å². The van der Waals surface area contributed by atoms with Gasteiger partial charge in [-0.3, -0.25) is 4.79 Å². The van der Waals surface area contributed by atoms with Crippen LogP contribution in [0.4, 0.5) is 5.69 Å². The van der Waals surface area contributed by atoms with Crippen LogP contribution in [0.15, 0.2) is 84.0 Å². The SMILES string of the molecule is Cc1ccc(C(=O)Nc2ccc(-n3cnnn3)cc2)cc1S(=O)(=O)NCc1ccccc1. The molecule has 1 aromatic heterocycles. The van der Waals surface area contributed by atoms with Gasteiger partial charge in [-0.2, -0.15) is 0 Å². The average molecular weight is 449 g/mol. The number of rotatable bonds is 7. The third kappa shape index (κ3) is 4.88. The molecule has 0 saturated heterocycles. The second kappa shape index (κ2) is 9.08. The molecule has 4 aromatic rings. The van der Waals surface area contributed by atoms with Gasteiger partial charge in [-0.05, 0) is 64.9 Å². The summed E-state index contributed by atoms with van der Waals surface area (Å²) in [5.41, 5.74) is 2.92. The van der Waals surface area contributed by atoms with Gasteiger partial charge in [0.1, 0.15) is 6.33 Å². The van der Waals surface area contributed by atoms with Gasteiger partial charge >= 0.3 is 0 Å². The summed E-state index contributed by atoms with van der Waals surface area (Å²) < 4.78 is 29.8. The lowest BCUT2D eigenvalue weighted by molar-refractivity contribution is 0.102. The molecule has 162 valence electrons. The predicted molar refractivity (Wildman–Crippen MR) is 119 cm³/mol. The van der Waals surface area contributed by atoms with Gasteiger partial charge in [-0.1, -0.05) is 36.4 Å². The molecule has 9 nitrogen and oxygen atoms in total. The van der Waals surface area contributed by atoms with E-state index in [0.29, 0.717) is 11.3 Å². The van der Waals surface area contributed by atoms with E-state index in [1.807, 2.05) is 30.3 Å². The number of carbonyl (C=O) groups excluding carboxylic acids is 1. The second-order valence-electron chi connectivity index (χ2n) is 7.05. The Balaban J connectivity index is 1.49. The first-order valence-corrected chi connectivity index (χ1v) is 11.2. The van der Waals surface area contributed by atoms with E-state index in [1.165, 1.54) is 17.1 Å².